The van der Waals surface area contributed by atoms with Crippen LogP contribution in [0.2, 0.25) is 5.02 Å². The summed E-state index contributed by atoms with van der Waals surface area (Å²) in [5.74, 6) is -3.27. The van der Waals surface area contributed by atoms with Crippen molar-refractivity contribution < 1.29 is 18.4 Å². The zero-order valence-corrected chi connectivity index (χ0v) is 12.5. The number of carbonyl (C=O) groups excluding carboxylic acids is 2. The van der Waals surface area contributed by atoms with Crippen LogP contribution in [0.25, 0.3) is 0 Å². The quantitative estimate of drug-likeness (QED) is 0.800. The van der Waals surface area contributed by atoms with E-state index in [0.29, 0.717) is 5.69 Å². The maximum atomic E-state index is 13.2. The van der Waals surface area contributed by atoms with E-state index >= 15 is 0 Å². The van der Waals surface area contributed by atoms with E-state index in [-0.39, 0.29) is 22.8 Å². The Bertz CT molecular complexity index is 768. The molecular formula is C15H12ClF2N3O2. The molecule has 0 unspecified atom stereocenters. The number of anilines is 2. The molecule has 0 bridgehead atoms. The van der Waals surface area contributed by atoms with Crippen molar-refractivity contribution in [2.75, 3.05) is 17.2 Å². The Hall–Kier alpha value is -2.51. The monoisotopic (exact) mass is 339 g/mol. The highest BCUT2D eigenvalue weighted by Gasteiger charge is 2.12. The number of nitrogens with two attached hydrogens (primary N) is 1. The molecule has 5 nitrogen and oxygen atoms in total. The molecule has 0 saturated heterocycles. The zero-order valence-electron chi connectivity index (χ0n) is 11.7. The van der Waals surface area contributed by atoms with Crippen LogP contribution in [0.4, 0.5) is 20.2 Å². The van der Waals surface area contributed by atoms with E-state index < -0.39 is 23.4 Å². The van der Waals surface area contributed by atoms with Crippen molar-refractivity contribution in [3.8, 4) is 0 Å². The Balaban J connectivity index is 2.21. The average Bonchev–Trinajstić information content (AvgIpc) is 2.53. The normalized spacial score (nSPS) is 10.3. The van der Waals surface area contributed by atoms with E-state index in [9.17, 15) is 18.4 Å². The summed E-state index contributed by atoms with van der Waals surface area (Å²) in [7, 11) is 0. The summed E-state index contributed by atoms with van der Waals surface area (Å²) in [5.41, 5.74) is 5.71. The first-order valence-electron chi connectivity index (χ1n) is 6.46. The van der Waals surface area contributed by atoms with Gasteiger partial charge < -0.3 is 16.4 Å². The van der Waals surface area contributed by atoms with Crippen molar-refractivity contribution in [2.24, 2.45) is 5.73 Å². The summed E-state index contributed by atoms with van der Waals surface area (Å²) in [6.45, 7) is -0.195. The highest BCUT2D eigenvalue weighted by atomic mass is 35.5. The molecule has 2 aromatic rings. The SMILES string of the molecule is NCC(=O)Nc1ccc(Cl)c(NC(=O)c2ccc(F)c(F)c2)c1. The van der Waals surface area contributed by atoms with Crippen LogP contribution in [0, 0.1) is 11.6 Å². The van der Waals surface area contributed by atoms with Gasteiger partial charge in [-0.05, 0) is 36.4 Å². The van der Waals surface area contributed by atoms with Crippen LogP contribution in [-0.2, 0) is 4.79 Å². The first kappa shape index (κ1) is 16.9. The van der Waals surface area contributed by atoms with Crippen molar-refractivity contribution in [1.82, 2.24) is 0 Å². The predicted molar refractivity (Wildman–Crippen MR) is 83.4 cm³/mol. The fourth-order valence-electron chi connectivity index (χ4n) is 1.74. The lowest BCUT2D eigenvalue weighted by molar-refractivity contribution is -0.114. The summed E-state index contributed by atoms with van der Waals surface area (Å²) in [6.07, 6.45) is 0. The second-order valence-corrected chi connectivity index (χ2v) is 4.94. The minimum Gasteiger partial charge on any atom is -0.325 e. The lowest BCUT2D eigenvalue weighted by Gasteiger charge is -2.10. The fraction of sp³-hybridized carbons (Fsp3) is 0.0667. The Morgan fingerprint density at radius 3 is 2.43 bits per heavy atom. The van der Waals surface area contributed by atoms with Gasteiger partial charge in [0.1, 0.15) is 0 Å². The molecule has 2 amide bonds. The van der Waals surface area contributed by atoms with Gasteiger partial charge in [-0.2, -0.15) is 0 Å². The second-order valence-electron chi connectivity index (χ2n) is 4.53. The molecule has 0 atom stereocenters. The molecule has 0 aliphatic rings. The van der Waals surface area contributed by atoms with Gasteiger partial charge in [0, 0.05) is 11.3 Å². The van der Waals surface area contributed by atoms with Gasteiger partial charge in [0.15, 0.2) is 11.6 Å². The molecule has 0 saturated carbocycles. The van der Waals surface area contributed by atoms with Crippen LogP contribution in [0.15, 0.2) is 36.4 Å². The minimum absolute atomic E-state index is 0.0728. The zero-order chi connectivity index (χ0) is 17.0. The molecule has 2 rings (SSSR count). The predicted octanol–water partition coefficient (Wildman–Crippen LogP) is 2.77. The Morgan fingerprint density at radius 1 is 1.04 bits per heavy atom. The Morgan fingerprint density at radius 2 is 1.78 bits per heavy atom. The molecule has 8 heteroatoms. The molecule has 0 fully saturated rings. The summed E-state index contributed by atoms with van der Waals surface area (Å²) in [5, 5.41) is 5.18. The smallest absolute Gasteiger partial charge is 0.255 e. The van der Waals surface area contributed by atoms with Gasteiger partial charge >= 0.3 is 0 Å². The molecular weight excluding hydrogens is 328 g/mol. The van der Waals surface area contributed by atoms with E-state index in [1.54, 1.807) is 0 Å². The van der Waals surface area contributed by atoms with Gasteiger partial charge in [-0.15, -0.1) is 0 Å². The maximum absolute atomic E-state index is 13.2. The number of carbonyl (C=O) groups is 2. The van der Waals surface area contributed by atoms with Crippen molar-refractivity contribution in [2.45, 2.75) is 0 Å². The van der Waals surface area contributed by atoms with Crippen LogP contribution < -0.4 is 16.4 Å². The van der Waals surface area contributed by atoms with Crippen LogP contribution in [0.5, 0.6) is 0 Å². The van der Waals surface area contributed by atoms with Crippen LogP contribution in [0.1, 0.15) is 10.4 Å². The number of hydrogen-bond donors (Lipinski definition) is 3. The highest BCUT2D eigenvalue weighted by Crippen LogP contribution is 2.26. The summed E-state index contributed by atoms with van der Waals surface area (Å²) >= 11 is 5.97. The number of nitrogens with one attached hydrogen (secondary N) is 2. The van der Waals surface area contributed by atoms with Crippen molar-refractivity contribution in [3.63, 3.8) is 0 Å². The molecule has 0 aliphatic carbocycles. The number of hydrogen-bond acceptors (Lipinski definition) is 3. The van der Waals surface area contributed by atoms with Crippen LogP contribution in [-0.4, -0.2) is 18.4 Å². The third-order valence-corrected chi connectivity index (χ3v) is 3.20. The van der Waals surface area contributed by atoms with Crippen LogP contribution >= 0.6 is 11.6 Å². The lowest BCUT2D eigenvalue weighted by atomic mass is 10.2. The number of amides is 2. The molecule has 0 spiro atoms. The molecule has 0 radical (unpaired) electrons. The molecule has 2 aromatic carbocycles. The van der Waals surface area contributed by atoms with Gasteiger partial charge in [-0.25, -0.2) is 8.78 Å². The molecule has 0 aromatic heterocycles. The standard InChI is InChI=1S/C15H12ClF2N3O2/c16-10-3-2-9(20-14(22)7-19)6-13(10)21-15(23)8-1-4-11(17)12(18)5-8/h1-6H,7,19H2,(H,20,22)(H,21,23). The highest BCUT2D eigenvalue weighted by molar-refractivity contribution is 6.34. The van der Waals surface area contributed by atoms with Gasteiger partial charge in [0.05, 0.1) is 17.3 Å². The van der Waals surface area contributed by atoms with E-state index in [1.165, 1.54) is 18.2 Å². The van der Waals surface area contributed by atoms with Gasteiger partial charge in [0.25, 0.3) is 5.91 Å². The topological polar surface area (TPSA) is 84.2 Å². The number of benzene rings is 2. The van der Waals surface area contributed by atoms with E-state index in [1.807, 2.05) is 0 Å². The summed E-state index contributed by atoms with van der Waals surface area (Å²) in [4.78, 5) is 23.3. The molecule has 0 heterocycles. The van der Waals surface area contributed by atoms with E-state index in [4.69, 9.17) is 17.3 Å². The summed E-state index contributed by atoms with van der Waals surface area (Å²) < 4.78 is 26.0. The van der Waals surface area contributed by atoms with Crippen molar-refractivity contribution in [1.29, 1.82) is 0 Å². The largest absolute Gasteiger partial charge is 0.325 e. The summed E-state index contributed by atoms with van der Waals surface area (Å²) in [6, 6.07) is 7.19. The van der Waals surface area contributed by atoms with Gasteiger partial charge in [-0.3, -0.25) is 9.59 Å². The fourth-order valence-corrected chi connectivity index (χ4v) is 1.91. The lowest BCUT2D eigenvalue weighted by Crippen LogP contribution is -2.22. The molecule has 0 aliphatic heterocycles. The van der Waals surface area contributed by atoms with E-state index in [2.05, 4.69) is 10.6 Å². The third-order valence-electron chi connectivity index (χ3n) is 2.87. The van der Waals surface area contributed by atoms with Gasteiger partial charge in [0.2, 0.25) is 5.91 Å². The van der Waals surface area contributed by atoms with Crippen molar-refractivity contribution >= 4 is 34.8 Å². The van der Waals surface area contributed by atoms with Crippen molar-refractivity contribution in [3.05, 3.63) is 58.6 Å². The Labute approximate surface area is 135 Å². The maximum Gasteiger partial charge on any atom is 0.255 e. The number of rotatable bonds is 4. The molecule has 23 heavy (non-hydrogen) atoms. The van der Waals surface area contributed by atoms with Gasteiger partial charge in [-0.1, -0.05) is 11.6 Å². The first-order chi connectivity index (χ1) is 10.9. The third kappa shape index (κ3) is 4.24. The molecule has 4 N–H and O–H groups in total. The first-order valence-corrected chi connectivity index (χ1v) is 6.84. The number of halogens is 3. The Kier molecular flexibility index (Phi) is 5.25. The minimum atomic E-state index is -1.13. The van der Waals surface area contributed by atoms with Crippen LogP contribution in [0.3, 0.4) is 0 Å². The average molecular weight is 340 g/mol. The molecule has 120 valence electrons. The second kappa shape index (κ2) is 7.17. The van der Waals surface area contributed by atoms with E-state index in [0.717, 1.165) is 18.2 Å².